The summed E-state index contributed by atoms with van der Waals surface area (Å²) in [6.45, 7) is 1.79. The standard InChI is InChI=1S/C5H8Cl3NO/c1-5(7,8)4(10)9-3-2-6/h2-3H2,1H3,(H,9,10). The minimum atomic E-state index is -1.36. The lowest BCUT2D eigenvalue weighted by atomic mass is 10.4. The van der Waals surface area contributed by atoms with Crippen molar-refractivity contribution in [3.63, 3.8) is 0 Å². The van der Waals surface area contributed by atoms with E-state index in [1.807, 2.05) is 0 Å². The molecule has 0 atom stereocenters. The number of nitrogens with one attached hydrogen (secondary N) is 1. The first kappa shape index (κ1) is 10.3. The Labute approximate surface area is 74.8 Å². The van der Waals surface area contributed by atoms with Gasteiger partial charge < -0.3 is 5.32 Å². The van der Waals surface area contributed by atoms with Crippen molar-refractivity contribution in [2.45, 2.75) is 11.3 Å². The highest BCUT2D eigenvalue weighted by Crippen LogP contribution is 2.18. The fraction of sp³-hybridized carbons (Fsp3) is 0.800. The van der Waals surface area contributed by atoms with Crippen LogP contribution < -0.4 is 5.32 Å². The second-order valence-electron chi connectivity index (χ2n) is 1.83. The molecule has 0 saturated heterocycles. The molecular formula is C5H8Cl3NO. The summed E-state index contributed by atoms with van der Waals surface area (Å²) < 4.78 is -1.36. The summed E-state index contributed by atoms with van der Waals surface area (Å²) in [4.78, 5) is 10.8. The molecule has 0 aliphatic heterocycles. The summed E-state index contributed by atoms with van der Waals surface area (Å²) in [7, 11) is 0. The Balaban J connectivity index is 3.64. The molecule has 0 spiro atoms. The molecule has 5 heteroatoms. The molecule has 0 radical (unpaired) electrons. The van der Waals surface area contributed by atoms with Gasteiger partial charge in [-0.05, 0) is 6.92 Å². The molecule has 0 unspecified atom stereocenters. The SMILES string of the molecule is CC(Cl)(Cl)C(=O)NCCCl. The van der Waals surface area contributed by atoms with Gasteiger partial charge in [-0.2, -0.15) is 0 Å². The van der Waals surface area contributed by atoms with E-state index in [2.05, 4.69) is 5.32 Å². The van der Waals surface area contributed by atoms with Crippen LogP contribution in [0.25, 0.3) is 0 Å². The highest BCUT2D eigenvalue weighted by Gasteiger charge is 2.26. The van der Waals surface area contributed by atoms with Gasteiger partial charge in [-0.25, -0.2) is 0 Å². The highest BCUT2D eigenvalue weighted by molar-refractivity contribution is 6.57. The Morgan fingerprint density at radius 1 is 1.60 bits per heavy atom. The number of carbonyl (C=O) groups excluding carboxylic acids is 1. The van der Waals surface area contributed by atoms with Crippen molar-refractivity contribution in [2.75, 3.05) is 12.4 Å². The smallest absolute Gasteiger partial charge is 0.256 e. The minimum absolute atomic E-state index is 0.357. The van der Waals surface area contributed by atoms with Crippen LogP contribution >= 0.6 is 34.8 Å². The van der Waals surface area contributed by atoms with Gasteiger partial charge >= 0.3 is 0 Å². The summed E-state index contributed by atoms with van der Waals surface area (Å²) in [6.07, 6.45) is 0. The van der Waals surface area contributed by atoms with E-state index in [4.69, 9.17) is 34.8 Å². The number of halogens is 3. The maximum atomic E-state index is 10.8. The number of hydrogen-bond donors (Lipinski definition) is 1. The highest BCUT2D eigenvalue weighted by atomic mass is 35.5. The Bertz CT molecular complexity index is 121. The number of carbonyl (C=O) groups is 1. The minimum Gasteiger partial charge on any atom is -0.352 e. The van der Waals surface area contributed by atoms with Crippen LogP contribution in [0.1, 0.15) is 6.92 Å². The van der Waals surface area contributed by atoms with Gasteiger partial charge in [0.25, 0.3) is 5.91 Å². The van der Waals surface area contributed by atoms with Gasteiger partial charge in [-0.15, -0.1) is 11.6 Å². The second-order valence-corrected chi connectivity index (χ2v) is 3.92. The molecule has 0 aliphatic carbocycles. The van der Waals surface area contributed by atoms with Gasteiger partial charge in [0.2, 0.25) is 0 Å². The normalized spacial score (nSPS) is 11.2. The first-order valence-electron chi connectivity index (χ1n) is 2.70. The summed E-state index contributed by atoms with van der Waals surface area (Å²) in [5.74, 6) is -0.0632. The van der Waals surface area contributed by atoms with Gasteiger partial charge in [0, 0.05) is 12.4 Å². The predicted octanol–water partition coefficient (Wildman–Crippen LogP) is 1.54. The molecule has 1 N–H and O–H groups in total. The van der Waals surface area contributed by atoms with E-state index in [0.29, 0.717) is 12.4 Å². The van der Waals surface area contributed by atoms with Crippen molar-refractivity contribution in [2.24, 2.45) is 0 Å². The summed E-state index contributed by atoms with van der Waals surface area (Å²) in [5.41, 5.74) is 0. The molecule has 0 rings (SSSR count). The first-order chi connectivity index (χ1) is 4.48. The van der Waals surface area contributed by atoms with Crippen molar-refractivity contribution in [3.8, 4) is 0 Å². The molecule has 0 aromatic rings. The third-order valence-electron chi connectivity index (χ3n) is 0.779. The zero-order valence-corrected chi connectivity index (χ0v) is 7.72. The molecule has 0 aromatic heterocycles. The van der Waals surface area contributed by atoms with E-state index in [-0.39, 0.29) is 0 Å². The zero-order chi connectivity index (χ0) is 8.20. The van der Waals surface area contributed by atoms with Crippen molar-refractivity contribution < 1.29 is 4.79 Å². The van der Waals surface area contributed by atoms with Gasteiger partial charge in [-0.1, -0.05) is 23.2 Å². The first-order valence-corrected chi connectivity index (χ1v) is 3.99. The van der Waals surface area contributed by atoms with Gasteiger partial charge in [0.15, 0.2) is 4.33 Å². The van der Waals surface area contributed by atoms with Crippen molar-refractivity contribution in [1.29, 1.82) is 0 Å². The third-order valence-corrected chi connectivity index (χ3v) is 1.31. The maximum absolute atomic E-state index is 10.8. The van der Waals surface area contributed by atoms with Crippen LogP contribution in [0.5, 0.6) is 0 Å². The third kappa shape index (κ3) is 4.20. The predicted molar refractivity (Wildman–Crippen MR) is 43.8 cm³/mol. The van der Waals surface area contributed by atoms with Crippen molar-refractivity contribution >= 4 is 40.7 Å². The topological polar surface area (TPSA) is 29.1 Å². The zero-order valence-electron chi connectivity index (χ0n) is 5.46. The lowest BCUT2D eigenvalue weighted by molar-refractivity contribution is -0.121. The molecule has 2 nitrogen and oxygen atoms in total. The lowest BCUT2D eigenvalue weighted by Crippen LogP contribution is -2.37. The monoisotopic (exact) mass is 203 g/mol. The van der Waals surface area contributed by atoms with Crippen LogP contribution in [0, 0.1) is 0 Å². The molecule has 0 aromatic carbocycles. The Hall–Kier alpha value is 0.340. The van der Waals surface area contributed by atoms with Gasteiger partial charge in [0.1, 0.15) is 0 Å². The van der Waals surface area contributed by atoms with E-state index in [0.717, 1.165) is 0 Å². The lowest BCUT2D eigenvalue weighted by Gasteiger charge is -2.11. The van der Waals surface area contributed by atoms with Crippen molar-refractivity contribution in [1.82, 2.24) is 5.32 Å². The largest absolute Gasteiger partial charge is 0.352 e. The van der Waals surface area contributed by atoms with Gasteiger partial charge in [-0.3, -0.25) is 4.79 Å². The van der Waals surface area contributed by atoms with E-state index in [1.165, 1.54) is 6.92 Å². The van der Waals surface area contributed by atoms with Crippen LogP contribution in [-0.4, -0.2) is 22.7 Å². The molecule has 0 bridgehead atoms. The average Bonchev–Trinajstić information content (AvgIpc) is 1.80. The maximum Gasteiger partial charge on any atom is 0.256 e. The average molecular weight is 204 g/mol. The fourth-order valence-corrected chi connectivity index (χ4v) is 0.544. The van der Waals surface area contributed by atoms with E-state index >= 15 is 0 Å². The van der Waals surface area contributed by atoms with E-state index in [9.17, 15) is 4.79 Å². The molecule has 10 heavy (non-hydrogen) atoms. The molecule has 0 fully saturated rings. The van der Waals surface area contributed by atoms with Crippen LogP contribution in [-0.2, 0) is 4.79 Å². The molecule has 0 saturated carbocycles. The number of amides is 1. The summed E-state index contributed by atoms with van der Waals surface area (Å²) >= 11 is 16.2. The molecule has 0 heterocycles. The Morgan fingerprint density at radius 3 is 2.40 bits per heavy atom. The van der Waals surface area contributed by atoms with Crippen LogP contribution in [0.4, 0.5) is 0 Å². The van der Waals surface area contributed by atoms with Gasteiger partial charge in [0.05, 0.1) is 0 Å². The van der Waals surface area contributed by atoms with Crippen molar-refractivity contribution in [3.05, 3.63) is 0 Å². The molecule has 1 amide bonds. The fourth-order valence-electron chi connectivity index (χ4n) is 0.316. The Kier molecular flexibility index (Phi) is 4.41. The second kappa shape index (κ2) is 4.27. The Morgan fingerprint density at radius 2 is 2.10 bits per heavy atom. The van der Waals surface area contributed by atoms with Crippen LogP contribution in [0.2, 0.25) is 0 Å². The number of hydrogen-bond acceptors (Lipinski definition) is 1. The number of alkyl halides is 3. The van der Waals surface area contributed by atoms with Crippen LogP contribution in [0.3, 0.4) is 0 Å². The van der Waals surface area contributed by atoms with Crippen LogP contribution in [0.15, 0.2) is 0 Å². The number of rotatable bonds is 3. The molecule has 0 aliphatic rings. The summed E-state index contributed by atoms with van der Waals surface area (Å²) in [5, 5.41) is 2.44. The summed E-state index contributed by atoms with van der Waals surface area (Å²) in [6, 6.07) is 0. The molecular weight excluding hydrogens is 196 g/mol. The molecule has 60 valence electrons. The van der Waals surface area contributed by atoms with E-state index in [1.54, 1.807) is 0 Å². The van der Waals surface area contributed by atoms with E-state index < -0.39 is 10.2 Å². The quantitative estimate of drug-likeness (QED) is 0.694.